The van der Waals surface area contributed by atoms with E-state index in [0.717, 1.165) is 12.1 Å². The summed E-state index contributed by atoms with van der Waals surface area (Å²) in [4.78, 5) is 4.11. The van der Waals surface area contributed by atoms with Crippen molar-refractivity contribution in [3.63, 3.8) is 0 Å². The maximum atomic E-state index is 12.4. The van der Waals surface area contributed by atoms with E-state index in [2.05, 4.69) is 10.3 Å². The largest absolute Gasteiger partial charge is 0.492 e. The normalized spacial score (nSPS) is 12.6. The molecule has 0 amide bonds. The summed E-state index contributed by atoms with van der Waals surface area (Å²) in [6, 6.07) is 4.56. The molecule has 3 N–H and O–H groups in total. The number of halogens is 3. The molecule has 0 saturated carbocycles. The van der Waals surface area contributed by atoms with Gasteiger partial charge in [0.25, 0.3) is 0 Å². The maximum Gasteiger partial charge on any atom is 0.416 e. The number of nitrogens with two attached hydrogens (primary N) is 1. The Hall–Kier alpha value is -1.92. The Balaban J connectivity index is 2.32. The fraction of sp³-hybridized carbons (Fsp3) is 0.500. The number of nitrogens with zero attached hydrogens (tertiary/aromatic N) is 1. The molecule has 1 rings (SSSR count). The molecule has 0 aliphatic carbocycles. The van der Waals surface area contributed by atoms with Crippen molar-refractivity contribution in [3.05, 3.63) is 29.8 Å². The monoisotopic (exact) mass is 303 g/mol. The SMILES string of the molecule is CC(C)CN=C(N)NCCOc1ccc(C(F)(F)F)cc1. The molecule has 7 heteroatoms. The number of aliphatic imine (C=N–C) groups is 1. The van der Waals surface area contributed by atoms with Crippen LogP contribution in [-0.2, 0) is 6.18 Å². The molecule has 0 radical (unpaired) electrons. The van der Waals surface area contributed by atoms with Crippen LogP contribution in [-0.4, -0.2) is 25.7 Å². The van der Waals surface area contributed by atoms with Gasteiger partial charge in [-0.05, 0) is 30.2 Å². The van der Waals surface area contributed by atoms with Gasteiger partial charge in [0.2, 0.25) is 0 Å². The van der Waals surface area contributed by atoms with Crippen LogP contribution in [0.5, 0.6) is 5.75 Å². The third-order valence-corrected chi connectivity index (χ3v) is 2.49. The van der Waals surface area contributed by atoms with Gasteiger partial charge in [0.05, 0.1) is 12.1 Å². The molecule has 0 atom stereocenters. The van der Waals surface area contributed by atoms with Crippen molar-refractivity contribution in [3.8, 4) is 5.75 Å². The lowest BCUT2D eigenvalue weighted by atomic mass is 10.2. The van der Waals surface area contributed by atoms with Crippen LogP contribution in [0.2, 0.25) is 0 Å². The molecule has 0 aliphatic rings. The molecule has 0 aliphatic heterocycles. The van der Waals surface area contributed by atoms with Gasteiger partial charge in [-0.25, -0.2) is 0 Å². The van der Waals surface area contributed by atoms with E-state index in [9.17, 15) is 13.2 Å². The Labute approximate surface area is 122 Å². The van der Waals surface area contributed by atoms with Crippen LogP contribution in [0.3, 0.4) is 0 Å². The van der Waals surface area contributed by atoms with Crippen molar-refractivity contribution >= 4 is 5.96 Å². The summed E-state index contributed by atoms with van der Waals surface area (Å²) in [5, 5.41) is 2.87. The van der Waals surface area contributed by atoms with E-state index in [1.54, 1.807) is 0 Å². The minimum absolute atomic E-state index is 0.281. The third kappa shape index (κ3) is 6.87. The standard InChI is InChI=1S/C14H20F3N3O/c1-10(2)9-20-13(18)19-7-8-21-12-5-3-11(4-6-12)14(15,16)17/h3-6,10H,7-9H2,1-2H3,(H3,18,19,20). The number of ether oxygens (including phenoxy) is 1. The van der Waals surface area contributed by atoms with Gasteiger partial charge in [-0.15, -0.1) is 0 Å². The van der Waals surface area contributed by atoms with E-state index in [0.29, 0.717) is 30.7 Å². The summed E-state index contributed by atoms with van der Waals surface area (Å²) in [5.41, 5.74) is 4.93. The van der Waals surface area contributed by atoms with Crippen LogP contribution < -0.4 is 15.8 Å². The predicted octanol–water partition coefficient (Wildman–Crippen LogP) is 2.64. The zero-order valence-corrected chi connectivity index (χ0v) is 12.1. The Morgan fingerprint density at radius 3 is 2.43 bits per heavy atom. The fourth-order valence-corrected chi connectivity index (χ4v) is 1.42. The second-order valence-electron chi connectivity index (χ2n) is 4.92. The molecule has 0 aromatic heterocycles. The lowest BCUT2D eigenvalue weighted by molar-refractivity contribution is -0.137. The second-order valence-corrected chi connectivity index (χ2v) is 4.92. The van der Waals surface area contributed by atoms with Crippen molar-refractivity contribution in [1.29, 1.82) is 0 Å². The first-order valence-corrected chi connectivity index (χ1v) is 6.63. The van der Waals surface area contributed by atoms with Gasteiger partial charge in [-0.2, -0.15) is 13.2 Å². The molecule has 0 unspecified atom stereocenters. The number of hydrogen-bond donors (Lipinski definition) is 2. The van der Waals surface area contributed by atoms with Crippen molar-refractivity contribution in [1.82, 2.24) is 5.32 Å². The summed E-state index contributed by atoms with van der Waals surface area (Å²) in [5.74, 6) is 1.14. The van der Waals surface area contributed by atoms with Crippen LogP contribution in [0, 0.1) is 5.92 Å². The van der Waals surface area contributed by atoms with Gasteiger partial charge < -0.3 is 15.8 Å². The number of rotatable bonds is 6. The van der Waals surface area contributed by atoms with E-state index < -0.39 is 11.7 Å². The van der Waals surface area contributed by atoms with Crippen molar-refractivity contribution in [2.45, 2.75) is 20.0 Å². The lowest BCUT2D eigenvalue weighted by Gasteiger charge is -2.10. The Morgan fingerprint density at radius 1 is 1.29 bits per heavy atom. The van der Waals surface area contributed by atoms with Crippen LogP contribution >= 0.6 is 0 Å². The topological polar surface area (TPSA) is 59.6 Å². The van der Waals surface area contributed by atoms with Crippen molar-refractivity contribution in [2.75, 3.05) is 19.7 Å². The highest BCUT2D eigenvalue weighted by molar-refractivity contribution is 5.77. The number of nitrogens with one attached hydrogen (secondary N) is 1. The van der Waals surface area contributed by atoms with E-state index in [1.165, 1.54) is 12.1 Å². The van der Waals surface area contributed by atoms with Crippen molar-refractivity contribution < 1.29 is 17.9 Å². The molecule has 0 saturated heterocycles. The van der Waals surface area contributed by atoms with Gasteiger partial charge in [0, 0.05) is 6.54 Å². The fourth-order valence-electron chi connectivity index (χ4n) is 1.42. The van der Waals surface area contributed by atoms with Crippen LogP contribution in [0.25, 0.3) is 0 Å². The van der Waals surface area contributed by atoms with E-state index in [-0.39, 0.29) is 6.61 Å². The van der Waals surface area contributed by atoms with Crippen LogP contribution in [0.15, 0.2) is 29.3 Å². The molecule has 21 heavy (non-hydrogen) atoms. The highest BCUT2D eigenvalue weighted by atomic mass is 19.4. The van der Waals surface area contributed by atoms with Crippen LogP contribution in [0.1, 0.15) is 19.4 Å². The zero-order valence-electron chi connectivity index (χ0n) is 12.1. The van der Waals surface area contributed by atoms with E-state index >= 15 is 0 Å². The number of hydrogen-bond acceptors (Lipinski definition) is 2. The highest BCUT2D eigenvalue weighted by Gasteiger charge is 2.29. The zero-order chi connectivity index (χ0) is 15.9. The van der Waals surface area contributed by atoms with E-state index in [4.69, 9.17) is 10.5 Å². The number of guanidine groups is 1. The van der Waals surface area contributed by atoms with Gasteiger partial charge in [0.1, 0.15) is 12.4 Å². The minimum Gasteiger partial charge on any atom is -0.492 e. The number of benzene rings is 1. The molecule has 0 spiro atoms. The van der Waals surface area contributed by atoms with Crippen LogP contribution in [0.4, 0.5) is 13.2 Å². The summed E-state index contributed by atoms with van der Waals surface area (Å²) < 4.78 is 42.4. The molecular weight excluding hydrogens is 283 g/mol. The molecule has 0 heterocycles. The summed E-state index contributed by atoms with van der Waals surface area (Å²) in [7, 11) is 0. The Bertz CT molecular complexity index is 456. The summed E-state index contributed by atoms with van der Waals surface area (Å²) in [6.45, 7) is 5.41. The molecule has 1 aromatic rings. The van der Waals surface area contributed by atoms with Gasteiger partial charge in [-0.3, -0.25) is 4.99 Å². The predicted molar refractivity (Wildman–Crippen MR) is 76.3 cm³/mol. The second kappa shape index (κ2) is 7.75. The van der Waals surface area contributed by atoms with E-state index in [1.807, 2.05) is 13.8 Å². The van der Waals surface area contributed by atoms with Gasteiger partial charge >= 0.3 is 6.18 Å². The van der Waals surface area contributed by atoms with Gasteiger partial charge in [-0.1, -0.05) is 13.8 Å². The average molecular weight is 303 g/mol. The third-order valence-electron chi connectivity index (χ3n) is 2.49. The quantitative estimate of drug-likeness (QED) is 0.482. The summed E-state index contributed by atoms with van der Waals surface area (Å²) in [6.07, 6.45) is -4.33. The molecule has 118 valence electrons. The Morgan fingerprint density at radius 2 is 1.90 bits per heavy atom. The maximum absolute atomic E-state index is 12.4. The molecule has 1 aromatic carbocycles. The molecular formula is C14H20F3N3O. The summed E-state index contributed by atoms with van der Waals surface area (Å²) >= 11 is 0. The minimum atomic E-state index is -4.33. The number of alkyl halides is 3. The first-order valence-electron chi connectivity index (χ1n) is 6.63. The van der Waals surface area contributed by atoms with Crippen molar-refractivity contribution in [2.24, 2.45) is 16.6 Å². The molecule has 0 fully saturated rings. The average Bonchev–Trinajstić information content (AvgIpc) is 2.41. The first-order chi connectivity index (χ1) is 9.79. The first kappa shape index (κ1) is 17.1. The smallest absolute Gasteiger partial charge is 0.416 e. The molecule has 0 bridgehead atoms. The Kier molecular flexibility index (Phi) is 6.33. The lowest BCUT2D eigenvalue weighted by Crippen LogP contribution is -2.35. The van der Waals surface area contributed by atoms with Gasteiger partial charge in [0.15, 0.2) is 5.96 Å². The molecule has 4 nitrogen and oxygen atoms in total. The highest BCUT2D eigenvalue weighted by Crippen LogP contribution is 2.30.